The molecule has 0 spiro atoms. The maximum atomic E-state index is 11.5. The van der Waals surface area contributed by atoms with Crippen LogP contribution in [0.2, 0.25) is 0 Å². The summed E-state index contributed by atoms with van der Waals surface area (Å²) in [5.74, 6) is 0.0363. The summed E-state index contributed by atoms with van der Waals surface area (Å²) in [6.45, 7) is 1.54. The molecule has 0 aliphatic rings. The summed E-state index contributed by atoms with van der Waals surface area (Å²) in [5.41, 5.74) is 4.18. The van der Waals surface area contributed by atoms with E-state index < -0.39 is 0 Å². The van der Waals surface area contributed by atoms with E-state index >= 15 is 0 Å². The number of para-hydroxylation sites is 1. The molecule has 0 bridgehead atoms. The maximum Gasteiger partial charge on any atom is 0.159 e. The number of ketones is 1. The molecule has 3 aromatic rings. The lowest BCUT2D eigenvalue weighted by molar-refractivity contribution is 0.101. The molecule has 0 aliphatic carbocycles. The van der Waals surface area contributed by atoms with Crippen molar-refractivity contribution in [1.29, 1.82) is 0 Å². The molecule has 0 fully saturated rings. The van der Waals surface area contributed by atoms with Crippen LogP contribution in [0.15, 0.2) is 48.5 Å². The van der Waals surface area contributed by atoms with Crippen LogP contribution in [0, 0.1) is 0 Å². The van der Waals surface area contributed by atoms with Gasteiger partial charge in [0, 0.05) is 29.1 Å². The zero-order valence-corrected chi connectivity index (χ0v) is 12.0. The average Bonchev–Trinajstić information content (AvgIpc) is 2.80. The number of Topliss-reactive ketones (excluding diaryl/α,β-unsaturated/α-hetero) is 1. The third-order valence-electron chi connectivity index (χ3n) is 3.83. The number of carbonyl (C=O) groups excluding carboxylic acids is 2. The molecular weight excluding hydrogens is 262 g/mol. The molecule has 2 aromatic carbocycles. The van der Waals surface area contributed by atoms with E-state index in [1.807, 2.05) is 48.0 Å². The molecule has 0 amide bonds. The largest absolute Gasteiger partial charge is 0.343 e. The number of hydrogen-bond acceptors (Lipinski definition) is 2. The van der Waals surface area contributed by atoms with E-state index in [0.717, 1.165) is 28.4 Å². The first-order valence-electron chi connectivity index (χ1n) is 6.77. The number of carbonyl (C=O) groups is 2. The highest BCUT2D eigenvalue weighted by molar-refractivity contribution is 6.05. The Kier molecular flexibility index (Phi) is 3.18. The van der Waals surface area contributed by atoms with Crippen LogP contribution in [0.5, 0.6) is 0 Å². The van der Waals surface area contributed by atoms with E-state index in [4.69, 9.17) is 0 Å². The summed E-state index contributed by atoms with van der Waals surface area (Å²) in [6.07, 6.45) is 0.899. The van der Waals surface area contributed by atoms with Gasteiger partial charge in [-0.2, -0.15) is 0 Å². The number of benzene rings is 2. The minimum Gasteiger partial charge on any atom is -0.343 e. The second-order valence-corrected chi connectivity index (χ2v) is 5.09. The quantitative estimate of drug-likeness (QED) is 0.538. The van der Waals surface area contributed by atoms with Crippen molar-refractivity contribution >= 4 is 23.0 Å². The van der Waals surface area contributed by atoms with Gasteiger partial charge in [-0.1, -0.05) is 42.5 Å². The van der Waals surface area contributed by atoms with E-state index in [9.17, 15) is 9.59 Å². The summed E-state index contributed by atoms with van der Waals surface area (Å²) in [6, 6.07) is 15.2. The van der Waals surface area contributed by atoms with E-state index in [1.165, 1.54) is 0 Å². The van der Waals surface area contributed by atoms with Gasteiger partial charge in [-0.15, -0.1) is 0 Å². The minimum atomic E-state index is 0.0363. The number of aryl methyl sites for hydroxylation is 1. The fourth-order valence-electron chi connectivity index (χ4n) is 2.75. The Hall–Kier alpha value is -2.68. The smallest absolute Gasteiger partial charge is 0.159 e. The van der Waals surface area contributed by atoms with Crippen molar-refractivity contribution in [3.8, 4) is 11.3 Å². The van der Waals surface area contributed by atoms with Crippen molar-refractivity contribution < 1.29 is 9.59 Å². The predicted octanol–water partition coefficient (Wildman–Crippen LogP) is 3.86. The second kappa shape index (κ2) is 5.02. The average molecular weight is 277 g/mol. The molecule has 0 aliphatic heterocycles. The maximum absolute atomic E-state index is 11.5. The Morgan fingerprint density at radius 3 is 2.33 bits per heavy atom. The highest BCUT2D eigenvalue weighted by Crippen LogP contribution is 2.31. The molecular formula is C18H15NO2. The van der Waals surface area contributed by atoms with Gasteiger partial charge in [0.15, 0.2) is 12.1 Å². The van der Waals surface area contributed by atoms with Crippen LogP contribution in [0.25, 0.3) is 22.2 Å². The number of hydrogen-bond donors (Lipinski definition) is 0. The van der Waals surface area contributed by atoms with Gasteiger partial charge in [-0.25, -0.2) is 0 Å². The molecule has 0 saturated carbocycles. The van der Waals surface area contributed by atoms with Crippen LogP contribution in [-0.4, -0.2) is 16.6 Å². The summed E-state index contributed by atoms with van der Waals surface area (Å²) < 4.78 is 2.02. The highest BCUT2D eigenvalue weighted by atomic mass is 16.1. The topological polar surface area (TPSA) is 39.1 Å². The van der Waals surface area contributed by atoms with Crippen molar-refractivity contribution in [3.05, 3.63) is 59.7 Å². The predicted molar refractivity (Wildman–Crippen MR) is 83.7 cm³/mol. The molecule has 0 unspecified atom stereocenters. The Labute approximate surface area is 122 Å². The van der Waals surface area contributed by atoms with E-state index in [-0.39, 0.29) is 5.78 Å². The van der Waals surface area contributed by atoms with Gasteiger partial charge in [0.1, 0.15) is 0 Å². The van der Waals surface area contributed by atoms with Crippen LogP contribution in [0.4, 0.5) is 0 Å². The number of aldehydes is 1. The van der Waals surface area contributed by atoms with Gasteiger partial charge >= 0.3 is 0 Å². The molecule has 3 nitrogen and oxygen atoms in total. The second-order valence-electron chi connectivity index (χ2n) is 5.09. The van der Waals surface area contributed by atoms with Crippen LogP contribution in [0.1, 0.15) is 27.6 Å². The molecule has 0 saturated heterocycles. The van der Waals surface area contributed by atoms with Crippen LogP contribution in [0.3, 0.4) is 0 Å². The van der Waals surface area contributed by atoms with Crippen LogP contribution < -0.4 is 0 Å². The lowest BCUT2D eigenvalue weighted by Crippen LogP contribution is -1.95. The number of rotatable bonds is 3. The number of aromatic nitrogens is 1. The summed E-state index contributed by atoms with van der Waals surface area (Å²) in [4.78, 5) is 22.9. The van der Waals surface area contributed by atoms with Crippen molar-refractivity contribution in [3.63, 3.8) is 0 Å². The third kappa shape index (κ3) is 2.07. The standard InChI is InChI=1S/C18H15NO2/c1-12(21)13-7-9-14(10-8-13)18-16(11-20)15-5-3-4-6-17(15)19(18)2/h3-11H,1-2H3. The molecule has 3 heteroatoms. The molecule has 3 rings (SSSR count). The molecule has 0 atom stereocenters. The molecule has 104 valence electrons. The molecule has 21 heavy (non-hydrogen) atoms. The number of nitrogens with zero attached hydrogens (tertiary/aromatic N) is 1. The first-order valence-corrected chi connectivity index (χ1v) is 6.77. The lowest BCUT2D eigenvalue weighted by atomic mass is 10.0. The minimum absolute atomic E-state index is 0.0363. The van der Waals surface area contributed by atoms with Crippen LogP contribution in [-0.2, 0) is 7.05 Å². The van der Waals surface area contributed by atoms with Gasteiger partial charge in [0.05, 0.1) is 5.69 Å². The van der Waals surface area contributed by atoms with E-state index in [0.29, 0.717) is 11.1 Å². The lowest BCUT2D eigenvalue weighted by Gasteiger charge is -2.06. The van der Waals surface area contributed by atoms with Crippen LogP contribution >= 0.6 is 0 Å². The van der Waals surface area contributed by atoms with Crippen molar-refractivity contribution in [1.82, 2.24) is 4.57 Å². The molecule has 1 aromatic heterocycles. The summed E-state index contributed by atoms with van der Waals surface area (Å²) in [7, 11) is 1.95. The SMILES string of the molecule is CC(=O)c1ccc(-c2c(C=O)c3ccccc3n2C)cc1. The Morgan fingerprint density at radius 2 is 1.71 bits per heavy atom. The Balaban J connectivity index is 2.26. The van der Waals surface area contributed by atoms with Crippen molar-refractivity contribution in [2.24, 2.45) is 7.05 Å². The van der Waals surface area contributed by atoms with Gasteiger partial charge in [-0.05, 0) is 18.6 Å². The Morgan fingerprint density at radius 1 is 1.05 bits per heavy atom. The normalized spacial score (nSPS) is 10.8. The third-order valence-corrected chi connectivity index (χ3v) is 3.83. The molecule has 0 N–H and O–H groups in total. The zero-order valence-electron chi connectivity index (χ0n) is 12.0. The zero-order chi connectivity index (χ0) is 15.0. The Bertz CT molecular complexity index is 842. The fourth-order valence-corrected chi connectivity index (χ4v) is 2.75. The monoisotopic (exact) mass is 277 g/mol. The van der Waals surface area contributed by atoms with Crippen molar-refractivity contribution in [2.75, 3.05) is 0 Å². The molecule has 1 heterocycles. The summed E-state index contributed by atoms with van der Waals surface area (Å²) >= 11 is 0. The first-order chi connectivity index (χ1) is 10.1. The van der Waals surface area contributed by atoms with Gasteiger partial charge < -0.3 is 4.57 Å². The molecule has 0 radical (unpaired) electrons. The number of fused-ring (bicyclic) bond motifs is 1. The first kappa shape index (κ1) is 13.3. The van der Waals surface area contributed by atoms with Gasteiger partial charge in [0.2, 0.25) is 0 Å². The van der Waals surface area contributed by atoms with Gasteiger partial charge in [0.25, 0.3) is 0 Å². The summed E-state index contributed by atoms with van der Waals surface area (Å²) in [5, 5.41) is 0.945. The van der Waals surface area contributed by atoms with E-state index in [1.54, 1.807) is 19.1 Å². The van der Waals surface area contributed by atoms with Gasteiger partial charge in [-0.3, -0.25) is 9.59 Å². The van der Waals surface area contributed by atoms with E-state index in [2.05, 4.69) is 0 Å². The highest BCUT2D eigenvalue weighted by Gasteiger charge is 2.15. The van der Waals surface area contributed by atoms with Crippen molar-refractivity contribution in [2.45, 2.75) is 6.92 Å². The fraction of sp³-hybridized carbons (Fsp3) is 0.111.